The second-order valence-corrected chi connectivity index (χ2v) is 11.0. The lowest BCUT2D eigenvalue weighted by Crippen LogP contribution is -2.31. The molecule has 4 aromatic rings. The third kappa shape index (κ3) is 5.46. The van der Waals surface area contributed by atoms with Crippen molar-refractivity contribution in [2.45, 2.75) is 26.7 Å². The lowest BCUT2D eigenvalue weighted by molar-refractivity contribution is -0.114. The van der Waals surface area contributed by atoms with Gasteiger partial charge in [-0.3, -0.25) is 9.59 Å². The van der Waals surface area contributed by atoms with Gasteiger partial charge in [0.25, 0.3) is 5.91 Å². The molecular formula is C29H25N5O3S2. The summed E-state index contributed by atoms with van der Waals surface area (Å²) in [7, 11) is 0. The van der Waals surface area contributed by atoms with Gasteiger partial charge in [0.15, 0.2) is 5.13 Å². The van der Waals surface area contributed by atoms with E-state index in [1.807, 2.05) is 56.3 Å². The Balaban J connectivity index is 1.39. The maximum absolute atomic E-state index is 13.6. The molecule has 0 aliphatic carbocycles. The number of aryl methyl sites for hydroxylation is 2. The number of nitriles is 1. The fourth-order valence-corrected chi connectivity index (χ4v) is 6.25. The highest BCUT2D eigenvalue weighted by Crippen LogP contribution is 2.41. The number of rotatable bonds is 7. The van der Waals surface area contributed by atoms with E-state index >= 15 is 0 Å². The summed E-state index contributed by atoms with van der Waals surface area (Å²) < 4.78 is 6.67. The lowest BCUT2D eigenvalue weighted by atomic mass is 9.85. The Hall–Kier alpha value is -4.33. The molecule has 1 aliphatic heterocycles. The van der Waals surface area contributed by atoms with Crippen LogP contribution in [0.4, 0.5) is 10.8 Å². The minimum Gasteiger partial charge on any atom is -0.468 e. The maximum atomic E-state index is 13.6. The number of dihydropyridines is 1. The Morgan fingerprint density at radius 1 is 1.08 bits per heavy atom. The zero-order valence-electron chi connectivity index (χ0n) is 21.5. The minimum atomic E-state index is -0.731. The van der Waals surface area contributed by atoms with Crippen LogP contribution in [-0.2, 0) is 9.59 Å². The number of fused-ring (bicyclic) bond motifs is 1. The fraction of sp³-hybridized carbons (Fsp3) is 0.172. The molecule has 0 bridgehead atoms. The van der Waals surface area contributed by atoms with E-state index in [1.54, 1.807) is 19.1 Å². The molecule has 8 nitrogen and oxygen atoms in total. The summed E-state index contributed by atoms with van der Waals surface area (Å²) in [5.74, 6) is -0.794. The van der Waals surface area contributed by atoms with Crippen molar-refractivity contribution in [1.29, 1.82) is 5.26 Å². The molecule has 0 fully saturated rings. The Bertz CT molecular complexity index is 1630. The molecule has 10 heteroatoms. The highest BCUT2D eigenvalue weighted by atomic mass is 32.2. The van der Waals surface area contributed by atoms with Gasteiger partial charge in [-0.25, -0.2) is 4.98 Å². The number of para-hydroxylation sites is 2. The third-order valence-corrected chi connectivity index (χ3v) is 8.30. The van der Waals surface area contributed by atoms with Crippen molar-refractivity contribution in [1.82, 2.24) is 10.3 Å². The van der Waals surface area contributed by atoms with Crippen LogP contribution in [0.3, 0.4) is 0 Å². The molecule has 5 rings (SSSR count). The second-order valence-electron chi connectivity index (χ2n) is 9.01. The van der Waals surface area contributed by atoms with Gasteiger partial charge < -0.3 is 20.4 Å². The number of thiazole rings is 1. The number of anilines is 2. The molecule has 0 saturated carbocycles. The van der Waals surface area contributed by atoms with E-state index < -0.39 is 5.92 Å². The van der Waals surface area contributed by atoms with Crippen LogP contribution in [0.5, 0.6) is 0 Å². The Morgan fingerprint density at radius 2 is 1.85 bits per heavy atom. The number of furan rings is 1. The Labute approximate surface area is 233 Å². The summed E-state index contributed by atoms with van der Waals surface area (Å²) in [6.45, 7) is 5.65. The summed E-state index contributed by atoms with van der Waals surface area (Å²) in [4.78, 5) is 30.9. The van der Waals surface area contributed by atoms with Gasteiger partial charge in [0.05, 0.1) is 50.4 Å². The van der Waals surface area contributed by atoms with E-state index in [0.717, 1.165) is 27.0 Å². The topological polar surface area (TPSA) is 120 Å². The molecule has 2 amide bonds. The van der Waals surface area contributed by atoms with Gasteiger partial charge >= 0.3 is 0 Å². The molecule has 1 atom stereocenters. The summed E-state index contributed by atoms with van der Waals surface area (Å²) in [5.41, 5.74) is 4.69. The number of nitrogens with one attached hydrogen (secondary N) is 3. The molecule has 39 heavy (non-hydrogen) atoms. The minimum absolute atomic E-state index is 0.0472. The lowest BCUT2D eigenvalue weighted by Gasteiger charge is -2.28. The summed E-state index contributed by atoms with van der Waals surface area (Å²) in [5, 5.41) is 20.3. The SMILES string of the molecule is CC1=C(C(=O)Nc2c(C)cccc2C)[C@@H](c2ccco2)C(C#N)=C(SCC(=O)Nc2nc3ccccc3s2)N1. The zero-order valence-corrected chi connectivity index (χ0v) is 23.1. The van der Waals surface area contributed by atoms with Gasteiger partial charge in [0.2, 0.25) is 5.91 Å². The van der Waals surface area contributed by atoms with E-state index in [4.69, 9.17) is 4.42 Å². The molecule has 0 radical (unpaired) electrons. The Morgan fingerprint density at radius 3 is 2.54 bits per heavy atom. The molecule has 0 unspecified atom stereocenters. The molecular weight excluding hydrogens is 530 g/mol. The van der Waals surface area contributed by atoms with E-state index in [2.05, 4.69) is 27.0 Å². The van der Waals surface area contributed by atoms with Crippen LogP contribution < -0.4 is 16.0 Å². The van der Waals surface area contributed by atoms with Crippen LogP contribution in [0.2, 0.25) is 0 Å². The quantitative estimate of drug-likeness (QED) is 0.248. The van der Waals surface area contributed by atoms with Gasteiger partial charge in [-0.05, 0) is 56.2 Å². The molecule has 2 aromatic carbocycles. The predicted octanol–water partition coefficient (Wildman–Crippen LogP) is 6.21. The third-order valence-electron chi connectivity index (χ3n) is 6.33. The predicted molar refractivity (Wildman–Crippen MR) is 155 cm³/mol. The van der Waals surface area contributed by atoms with Crippen LogP contribution in [-0.4, -0.2) is 22.6 Å². The summed E-state index contributed by atoms with van der Waals surface area (Å²) >= 11 is 2.60. The van der Waals surface area contributed by atoms with Gasteiger partial charge in [0, 0.05) is 11.4 Å². The number of carbonyl (C=O) groups is 2. The van der Waals surface area contributed by atoms with Crippen molar-refractivity contribution in [3.63, 3.8) is 0 Å². The molecule has 2 aromatic heterocycles. The normalized spacial score (nSPS) is 15.2. The van der Waals surface area contributed by atoms with Crippen molar-refractivity contribution in [3.8, 4) is 6.07 Å². The van der Waals surface area contributed by atoms with Crippen molar-refractivity contribution in [2.24, 2.45) is 0 Å². The van der Waals surface area contributed by atoms with Crippen LogP contribution >= 0.6 is 23.1 Å². The van der Waals surface area contributed by atoms with Crippen LogP contribution in [0.25, 0.3) is 10.2 Å². The number of allylic oxidation sites excluding steroid dienone is 2. The van der Waals surface area contributed by atoms with Gasteiger partial charge in [-0.2, -0.15) is 5.26 Å². The van der Waals surface area contributed by atoms with Crippen molar-refractivity contribution < 1.29 is 14.0 Å². The standard InChI is InChI=1S/C29H25N5O3S2/c1-16-8-6-9-17(2)26(16)34-27(36)24-18(3)31-28(19(14-30)25(24)21-11-7-13-37-21)38-15-23(35)33-29-32-20-10-4-5-12-22(20)39-29/h4-13,25,31H,15H2,1-3H3,(H,34,36)(H,32,33,35)/t25-/m1/s1. The number of thioether (sulfide) groups is 1. The molecule has 3 heterocycles. The molecule has 3 N–H and O–H groups in total. The van der Waals surface area contributed by atoms with Crippen molar-refractivity contribution in [3.05, 3.63) is 99.6 Å². The van der Waals surface area contributed by atoms with E-state index in [-0.39, 0.29) is 17.6 Å². The van der Waals surface area contributed by atoms with Crippen LogP contribution in [0.15, 0.2) is 87.1 Å². The summed E-state index contributed by atoms with van der Waals surface area (Å²) in [6, 6.07) is 19.2. The number of hydrogen-bond donors (Lipinski definition) is 3. The largest absolute Gasteiger partial charge is 0.468 e. The average Bonchev–Trinajstić information content (AvgIpc) is 3.59. The smallest absolute Gasteiger partial charge is 0.254 e. The number of benzene rings is 2. The van der Waals surface area contributed by atoms with Crippen molar-refractivity contribution in [2.75, 3.05) is 16.4 Å². The second kappa shape index (κ2) is 11.2. The highest BCUT2D eigenvalue weighted by Gasteiger charge is 2.36. The number of aromatic nitrogens is 1. The van der Waals surface area contributed by atoms with Crippen LogP contribution in [0, 0.1) is 25.2 Å². The Kier molecular flexibility index (Phi) is 7.54. The number of hydrogen-bond acceptors (Lipinski definition) is 8. The zero-order chi connectivity index (χ0) is 27.5. The monoisotopic (exact) mass is 555 g/mol. The van der Waals surface area contributed by atoms with Crippen molar-refractivity contribution >= 4 is 55.9 Å². The van der Waals surface area contributed by atoms with E-state index in [1.165, 1.54) is 29.4 Å². The summed E-state index contributed by atoms with van der Waals surface area (Å²) in [6.07, 6.45) is 1.51. The van der Waals surface area contributed by atoms with Crippen LogP contribution in [0.1, 0.15) is 29.7 Å². The molecule has 0 saturated heterocycles. The number of carbonyl (C=O) groups excluding carboxylic acids is 2. The first-order chi connectivity index (χ1) is 18.9. The first-order valence-corrected chi connectivity index (χ1v) is 14.0. The highest BCUT2D eigenvalue weighted by molar-refractivity contribution is 8.03. The van der Waals surface area contributed by atoms with E-state index in [0.29, 0.717) is 32.8 Å². The van der Waals surface area contributed by atoms with Gasteiger partial charge in [0.1, 0.15) is 5.76 Å². The molecule has 1 aliphatic rings. The molecule has 196 valence electrons. The first kappa shape index (κ1) is 26.3. The van der Waals surface area contributed by atoms with Gasteiger partial charge in [-0.15, -0.1) is 0 Å². The maximum Gasteiger partial charge on any atom is 0.254 e. The van der Waals surface area contributed by atoms with Gasteiger partial charge in [-0.1, -0.05) is 53.4 Å². The fourth-order valence-electron chi connectivity index (χ4n) is 4.48. The van der Waals surface area contributed by atoms with E-state index in [9.17, 15) is 14.9 Å². The first-order valence-electron chi connectivity index (χ1n) is 12.2. The number of amides is 2. The molecule has 0 spiro atoms. The average molecular weight is 556 g/mol. The number of nitrogens with zero attached hydrogens (tertiary/aromatic N) is 2.